The van der Waals surface area contributed by atoms with Gasteiger partial charge in [-0.05, 0) is 25.0 Å². The molecule has 9 nitrogen and oxygen atoms in total. The molecule has 0 bridgehead atoms. The van der Waals surface area contributed by atoms with Crippen LogP contribution in [-0.2, 0) is 9.53 Å². The lowest BCUT2D eigenvalue weighted by molar-refractivity contribution is -0.125. The normalized spacial score (nSPS) is 22.0. The number of ether oxygens (including phenoxy) is 1. The van der Waals surface area contributed by atoms with Gasteiger partial charge < -0.3 is 10.1 Å². The number of carbonyl (C=O) groups excluding carboxylic acids is 2. The van der Waals surface area contributed by atoms with Crippen molar-refractivity contribution < 1.29 is 14.3 Å². The molecule has 1 atom stereocenters. The van der Waals surface area contributed by atoms with Crippen LogP contribution in [0.5, 0.6) is 0 Å². The fourth-order valence-corrected chi connectivity index (χ4v) is 4.25. The molecule has 2 fully saturated rings. The molecule has 2 aliphatic heterocycles. The van der Waals surface area contributed by atoms with Crippen LogP contribution in [0.15, 0.2) is 42.6 Å². The van der Waals surface area contributed by atoms with E-state index in [9.17, 15) is 9.59 Å². The summed E-state index contributed by atoms with van der Waals surface area (Å²) in [5, 5.41) is 2.86. The molecular formula is C23H24N6O3. The Bertz CT molecular complexity index is 1150. The highest BCUT2D eigenvalue weighted by Crippen LogP contribution is 2.50. The lowest BCUT2D eigenvalue weighted by Crippen LogP contribution is -2.48. The fourth-order valence-electron chi connectivity index (χ4n) is 4.25. The first-order valence-electron chi connectivity index (χ1n) is 10.6. The fraction of sp³-hybridized carbons (Fsp3) is 0.391. The SMILES string of the molecule is Cc1ncc(C2=CCC3C(=C2)N(c2cncc(C(=O)NC4COC4)n2)C(=O)C3(C)C)cn1. The summed E-state index contributed by atoms with van der Waals surface area (Å²) < 4.78 is 5.10. The number of fused-ring (bicyclic) bond motifs is 1. The number of anilines is 1. The smallest absolute Gasteiger partial charge is 0.271 e. The van der Waals surface area contributed by atoms with Crippen molar-refractivity contribution in [2.24, 2.45) is 11.3 Å². The van der Waals surface area contributed by atoms with Gasteiger partial charge in [0.25, 0.3) is 5.91 Å². The second-order valence-corrected chi connectivity index (χ2v) is 8.87. The second kappa shape index (κ2) is 7.59. The number of hydrogen-bond donors (Lipinski definition) is 1. The van der Waals surface area contributed by atoms with E-state index in [4.69, 9.17) is 4.74 Å². The van der Waals surface area contributed by atoms with Crippen LogP contribution in [0.1, 0.15) is 42.1 Å². The Morgan fingerprint density at radius 2 is 1.94 bits per heavy atom. The van der Waals surface area contributed by atoms with Crippen molar-refractivity contribution in [1.82, 2.24) is 25.3 Å². The summed E-state index contributed by atoms with van der Waals surface area (Å²) in [5.41, 5.74) is 2.25. The van der Waals surface area contributed by atoms with Crippen molar-refractivity contribution >= 4 is 23.2 Å². The van der Waals surface area contributed by atoms with E-state index in [0.717, 1.165) is 16.8 Å². The first-order valence-corrected chi connectivity index (χ1v) is 10.6. The maximum absolute atomic E-state index is 13.4. The molecule has 3 aliphatic rings. The molecule has 4 heterocycles. The van der Waals surface area contributed by atoms with E-state index in [0.29, 0.717) is 31.3 Å². The molecule has 9 heteroatoms. The zero-order chi connectivity index (χ0) is 22.5. The number of nitrogens with zero attached hydrogens (tertiary/aromatic N) is 5. The van der Waals surface area contributed by atoms with Crippen molar-refractivity contribution in [3.05, 3.63) is 59.7 Å². The van der Waals surface area contributed by atoms with Crippen LogP contribution in [0.4, 0.5) is 5.82 Å². The van der Waals surface area contributed by atoms with E-state index in [1.807, 2.05) is 26.8 Å². The molecule has 2 amide bonds. The monoisotopic (exact) mass is 432 g/mol. The van der Waals surface area contributed by atoms with Gasteiger partial charge in [-0.25, -0.2) is 15.0 Å². The molecular weight excluding hydrogens is 408 g/mol. The van der Waals surface area contributed by atoms with Crippen LogP contribution < -0.4 is 10.2 Å². The molecule has 164 valence electrons. The largest absolute Gasteiger partial charge is 0.377 e. The Kier molecular flexibility index (Phi) is 4.85. The molecule has 2 aromatic rings. The standard InChI is InChI=1S/C23H24N6O3/c1-13-25-7-15(8-26-13)14-4-5-17-19(6-14)29(22(31)23(17,2)3)20-10-24-9-18(28-20)21(30)27-16-11-32-12-16/h4,6-10,16-17H,5,11-12H2,1-3H3,(H,27,30). The highest BCUT2D eigenvalue weighted by molar-refractivity contribution is 6.04. The summed E-state index contributed by atoms with van der Waals surface area (Å²) >= 11 is 0. The zero-order valence-corrected chi connectivity index (χ0v) is 18.2. The number of allylic oxidation sites excluding steroid dienone is 4. The molecule has 0 spiro atoms. The van der Waals surface area contributed by atoms with Gasteiger partial charge in [-0.2, -0.15) is 0 Å². The molecule has 32 heavy (non-hydrogen) atoms. The molecule has 1 N–H and O–H groups in total. The molecule has 1 unspecified atom stereocenters. The van der Waals surface area contributed by atoms with E-state index in [-0.39, 0.29) is 29.5 Å². The summed E-state index contributed by atoms with van der Waals surface area (Å²) in [6, 6.07) is -0.0184. The van der Waals surface area contributed by atoms with Gasteiger partial charge in [-0.3, -0.25) is 19.5 Å². The van der Waals surface area contributed by atoms with E-state index >= 15 is 0 Å². The molecule has 2 saturated heterocycles. The average Bonchev–Trinajstić information content (AvgIpc) is 2.96. The van der Waals surface area contributed by atoms with E-state index in [2.05, 4.69) is 31.3 Å². The minimum Gasteiger partial charge on any atom is -0.377 e. The van der Waals surface area contributed by atoms with Crippen LogP contribution in [0.2, 0.25) is 0 Å². The number of rotatable bonds is 4. The highest BCUT2D eigenvalue weighted by atomic mass is 16.5. The zero-order valence-electron chi connectivity index (χ0n) is 18.2. The van der Waals surface area contributed by atoms with E-state index in [1.165, 1.54) is 12.4 Å². The van der Waals surface area contributed by atoms with Gasteiger partial charge in [-0.15, -0.1) is 0 Å². The minimum atomic E-state index is -0.610. The van der Waals surface area contributed by atoms with Gasteiger partial charge in [0.1, 0.15) is 11.5 Å². The minimum absolute atomic E-state index is 0.00322. The summed E-state index contributed by atoms with van der Waals surface area (Å²) in [7, 11) is 0. The number of amides is 2. The van der Waals surface area contributed by atoms with Crippen LogP contribution in [0.3, 0.4) is 0 Å². The van der Waals surface area contributed by atoms with Crippen molar-refractivity contribution in [1.29, 1.82) is 0 Å². The van der Waals surface area contributed by atoms with Crippen LogP contribution in [-0.4, -0.2) is 51.0 Å². The molecule has 0 aromatic carbocycles. The third-order valence-corrected chi connectivity index (χ3v) is 6.29. The van der Waals surface area contributed by atoms with Crippen LogP contribution >= 0.6 is 0 Å². The second-order valence-electron chi connectivity index (χ2n) is 8.87. The Labute approximate surface area is 185 Å². The average molecular weight is 432 g/mol. The maximum Gasteiger partial charge on any atom is 0.271 e. The third kappa shape index (κ3) is 3.38. The molecule has 5 rings (SSSR count). The number of aromatic nitrogens is 4. The Balaban J connectivity index is 1.50. The molecule has 1 aliphatic carbocycles. The predicted octanol–water partition coefficient (Wildman–Crippen LogP) is 2.06. The van der Waals surface area contributed by atoms with Gasteiger partial charge in [0.2, 0.25) is 5.91 Å². The summed E-state index contributed by atoms with van der Waals surface area (Å²) in [4.78, 5) is 44.9. The maximum atomic E-state index is 13.4. The van der Waals surface area contributed by atoms with E-state index in [1.54, 1.807) is 17.3 Å². The van der Waals surface area contributed by atoms with Crippen molar-refractivity contribution in [3.8, 4) is 0 Å². The third-order valence-electron chi connectivity index (χ3n) is 6.29. The van der Waals surface area contributed by atoms with Crippen molar-refractivity contribution in [3.63, 3.8) is 0 Å². The topological polar surface area (TPSA) is 110 Å². The summed E-state index contributed by atoms with van der Waals surface area (Å²) in [6.07, 6.45) is 11.3. The Morgan fingerprint density at radius 3 is 2.62 bits per heavy atom. The van der Waals surface area contributed by atoms with Gasteiger partial charge in [-0.1, -0.05) is 19.9 Å². The lowest BCUT2D eigenvalue weighted by atomic mass is 9.75. The van der Waals surface area contributed by atoms with Gasteiger partial charge in [0, 0.05) is 29.6 Å². The van der Waals surface area contributed by atoms with E-state index < -0.39 is 5.41 Å². The molecule has 0 radical (unpaired) electrons. The number of hydrogen-bond acceptors (Lipinski definition) is 7. The van der Waals surface area contributed by atoms with Gasteiger partial charge in [0.05, 0.1) is 37.1 Å². The Morgan fingerprint density at radius 1 is 1.19 bits per heavy atom. The lowest BCUT2D eigenvalue weighted by Gasteiger charge is -2.27. The predicted molar refractivity (Wildman–Crippen MR) is 116 cm³/mol. The summed E-state index contributed by atoms with van der Waals surface area (Å²) in [6.45, 7) is 6.71. The molecule has 0 saturated carbocycles. The van der Waals surface area contributed by atoms with Crippen LogP contribution in [0, 0.1) is 18.3 Å². The van der Waals surface area contributed by atoms with Gasteiger partial charge >= 0.3 is 0 Å². The first kappa shape index (κ1) is 20.4. The van der Waals surface area contributed by atoms with Crippen LogP contribution in [0.25, 0.3) is 5.57 Å². The quantitative estimate of drug-likeness (QED) is 0.787. The first-order chi connectivity index (χ1) is 15.3. The number of nitrogens with one attached hydrogen (secondary N) is 1. The highest BCUT2D eigenvalue weighted by Gasteiger charge is 2.52. The van der Waals surface area contributed by atoms with Crippen molar-refractivity contribution in [2.75, 3.05) is 18.1 Å². The van der Waals surface area contributed by atoms with Crippen molar-refractivity contribution in [2.45, 2.75) is 33.2 Å². The number of aryl methyl sites for hydroxylation is 1. The summed E-state index contributed by atoms with van der Waals surface area (Å²) in [5.74, 6) is 0.647. The van der Waals surface area contributed by atoms with Gasteiger partial charge in [0.15, 0.2) is 5.82 Å². The molecule has 2 aromatic heterocycles. The Hall–Kier alpha value is -3.46. The number of carbonyl (C=O) groups is 2.